The van der Waals surface area contributed by atoms with Crippen LogP contribution < -0.4 is 16.0 Å². The molecule has 0 atom stereocenters. The van der Waals surface area contributed by atoms with Crippen LogP contribution >= 0.6 is 35.3 Å². The molecule has 1 aromatic heterocycles. The van der Waals surface area contributed by atoms with Crippen molar-refractivity contribution < 1.29 is 9.53 Å². The number of nitrogens with zero attached hydrogens (tertiary/aromatic N) is 2. The number of hydrogen-bond donors (Lipinski definition) is 3. The van der Waals surface area contributed by atoms with Crippen LogP contribution in [0.1, 0.15) is 37.6 Å². The molecule has 3 N–H and O–H groups in total. The van der Waals surface area contributed by atoms with Crippen molar-refractivity contribution in [1.29, 1.82) is 0 Å². The van der Waals surface area contributed by atoms with E-state index in [-0.39, 0.29) is 24.0 Å². The molecule has 0 aliphatic heterocycles. The first kappa shape index (κ1) is 23.9. The van der Waals surface area contributed by atoms with Crippen molar-refractivity contribution >= 4 is 47.4 Å². The van der Waals surface area contributed by atoms with Crippen molar-refractivity contribution in [1.82, 2.24) is 20.9 Å². The zero-order valence-corrected chi connectivity index (χ0v) is 18.8. The summed E-state index contributed by atoms with van der Waals surface area (Å²) < 4.78 is 5.18. The van der Waals surface area contributed by atoms with Crippen molar-refractivity contribution in [3.8, 4) is 0 Å². The summed E-state index contributed by atoms with van der Waals surface area (Å²) in [5.41, 5.74) is -0.484. The van der Waals surface area contributed by atoms with E-state index in [1.807, 2.05) is 40.8 Å². The lowest BCUT2D eigenvalue weighted by Gasteiger charge is -2.19. The molecule has 7 nitrogen and oxygen atoms in total. The van der Waals surface area contributed by atoms with Gasteiger partial charge in [0, 0.05) is 43.7 Å². The van der Waals surface area contributed by atoms with E-state index in [2.05, 4.69) is 25.9 Å². The van der Waals surface area contributed by atoms with Gasteiger partial charge in [-0.2, -0.15) is 0 Å². The van der Waals surface area contributed by atoms with Crippen LogP contribution in [0.4, 0.5) is 4.79 Å². The molecule has 0 bridgehead atoms. The lowest BCUT2D eigenvalue weighted by Crippen LogP contribution is -2.42. The summed E-state index contributed by atoms with van der Waals surface area (Å²) in [6.07, 6.45) is 2.30. The SMILES string of the molecule is CCNC(=NCCc1ncc(C)s1)NCCNC(=O)OC(C)(C)C.I. The predicted molar refractivity (Wildman–Crippen MR) is 114 cm³/mol. The molecule has 0 fully saturated rings. The van der Waals surface area contributed by atoms with Gasteiger partial charge in [-0.25, -0.2) is 9.78 Å². The van der Waals surface area contributed by atoms with Gasteiger partial charge in [-0.15, -0.1) is 35.3 Å². The number of nitrogens with one attached hydrogen (secondary N) is 3. The Hall–Kier alpha value is -1.10. The molecule has 144 valence electrons. The number of rotatable bonds is 7. The number of ether oxygens (including phenoxy) is 1. The number of guanidine groups is 1. The number of alkyl carbamates (subject to hydrolysis) is 1. The Balaban J connectivity index is 0.00000576. The van der Waals surface area contributed by atoms with Crippen molar-refractivity contribution in [2.45, 2.75) is 46.6 Å². The van der Waals surface area contributed by atoms with Crippen LogP contribution in [0.15, 0.2) is 11.2 Å². The maximum Gasteiger partial charge on any atom is 0.407 e. The molecule has 1 rings (SSSR count). The van der Waals surface area contributed by atoms with Crippen LogP contribution in [-0.4, -0.2) is 48.8 Å². The lowest BCUT2D eigenvalue weighted by molar-refractivity contribution is 0.0529. The Kier molecular flexibility index (Phi) is 11.7. The van der Waals surface area contributed by atoms with Crippen LogP contribution in [0, 0.1) is 6.92 Å². The molecule has 0 saturated carbocycles. The highest BCUT2D eigenvalue weighted by Crippen LogP contribution is 2.11. The van der Waals surface area contributed by atoms with E-state index in [4.69, 9.17) is 4.74 Å². The van der Waals surface area contributed by atoms with Crippen molar-refractivity contribution in [3.63, 3.8) is 0 Å². The van der Waals surface area contributed by atoms with Gasteiger partial charge in [-0.05, 0) is 34.6 Å². The smallest absolute Gasteiger partial charge is 0.407 e. The van der Waals surface area contributed by atoms with E-state index in [0.717, 1.165) is 23.9 Å². The Morgan fingerprint density at radius 1 is 1.28 bits per heavy atom. The van der Waals surface area contributed by atoms with Crippen LogP contribution in [0.5, 0.6) is 0 Å². The summed E-state index contributed by atoms with van der Waals surface area (Å²) >= 11 is 1.70. The minimum absolute atomic E-state index is 0. The maximum absolute atomic E-state index is 11.5. The maximum atomic E-state index is 11.5. The standard InChI is InChI=1S/C16H29N5O2S.HI/c1-6-17-14(18-8-7-13-21-11-12(2)24-13)19-9-10-20-15(22)23-16(3,4)5;/h11H,6-10H2,1-5H3,(H,20,22)(H2,17,18,19);1H. The van der Waals surface area contributed by atoms with Crippen LogP contribution in [-0.2, 0) is 11.2 Å². The summed E-state index contributed by atoms with van der Waals surface area (Å²) in [4.78, 5) is 21.6. The number of halogens is 1. The van der Waals surface area contributed by atoms with E-state index in [0.29, 0.717) is 19.6 Å². The minimum atomic E-state index is -0.484. The number of aliphatic imine (C=N–C) groups is 1. The van der Waals surface area contributed by atoms with Gasteiger partial charge in [0.2, 0.25) is 0 Å². The monoisotopic (exact) mass is 483 g/mol. The summed E-state index contributed by atoms with van der Waals surface area (Å²) in [6, 6.07) is 0. The van der Waals surface area contributed by atoms with Gasteiger partial charge < -0.3 is 20.7 Å². The average molecular weight is 483 g/mol. The van der Waals surface area contributed by atoms with Crippen molar-refractivity contribution in [2.75, 3.05) is 26.2 Å². The second-order valence-corrected chi connectivity index (χ2v) is 7.55. The normalized spacial score (nSPS) is 11.5. The fraction of sp³-hybridized carbons (Fsp3) is 0.688. The van der Waals surface area contributed by atoms with Crippen LogP contribution in [0.2, 0.25) is 0 Å². The highest BCUT2D eigenvalue weighted by molar-refractivity contribution is 14.0. The second-order valence-electron chi connectivity index (χ2n) is 6.23. The molecule has 0 unspecified atom stereocenters. The summed E-state index contributed by atoms with van der Waals surface area (Å²) in [5.74, 6) is 0.733. The molecule has 0 spiro atoms. The second kappa shape index (κ2) is 12.3. The molecule has 0 aliphatic rings. The molecule has 1 amide bonds. The quantitative estimate of drug-likeness (QED) is 0.240. The summed E-state index contributed by atoms with van der Waals surface area (Å²) in [7, 11) is 0. The molecule has 1 heterocycles. The largest absolute Gasteiger partial charge is 0.444 e. The fourth-order valence-electron chi connectivity index (χ4n) is 1.78. The van der Waals surface area contributed by atoms with E-state index in [9.17, 15) is 4.79 Å². The Morgan fingerprint density at radius 3 is 2.52 bits per heavy atom. The molecule has 0 saturated heterocycles. The molecule has 0 radical (unpaired) electrons. The zero-order valence-electron chi connectivity index (χ0n) is 15.6. The average Bonchev–Trinajstić information content (AvgIpc) is 2.87. The molecular weight excluding hydrogens is 453 g/mol. The number of thiazole rings is 1. The number of carbonyl (C=O) groups excluding carboxylic acids is 1. The molecule has 0 aromatic carbocycles. The van der Waals surface area contributed by atoms with Crippen molar-refractivity contribution in [3.05, 3.63) is 16.1 Å². The van der Waals surface area contributed by atoms with Gasteiger partial charge in [0.15, 0.2) is 5.96 Å². The van der Waals surface area contributed by atoms with Gasteiger partial charge in [0.05, 0.1) is 5.01 Å². The number of carbonyl (C=O) groups is 1. The third-order valence-electron chi connectivity index (χ3n) is 2.69. The highest BCUT2D eigenvalue weighted by atomic mass is 127. The van der Waals surface area contributed by atoms with Gasteiger partial charge in [0.25, 0.3) is 0 Å². The van der Waals surface area contributed by atoms with Crippen LogP contribution in [0.3, 0.4) is 0 Å². The van der Waals surface area contributed by atoms with Gasteiger partial charge in [0.1, 0.15) is 5.60 Å². The number of amides is 1. The topological polar surface area (TPSA) is 87.6 Å². The summed E-state index contributed by atoms with van der Waals surface area (Å²) in [6.45, 7) is 12.1. The van der Waals surface area contributed by atoms with Gasteiger partial charge in [-0.1, -0.05) is 0 Å². The molecule has 1 aromatic rings. The zero-order chi connectivity index (χ0) is 18.0. The molecule has 25 heavy (non-hydrogen) atoms. The molecule has 9 heteroatoms. The van der Waals surface area contributed by atoms with E-state index >= 15 is 0 Å². The molecular formula is C16H30IN5O2S. The van der Waals surface area contributed by atoms with Gasteiger partial charge in [-0.3, -0.25) is 4.99 Å². The number of aromatic nitrogens is 1. The van der Waals surface area contributed by atoms with Gasteiger partial charge >= 0.3 is 6.09 Å². The van der Waals surface area contributed by atoms with Crippen molar-refractivity contribution in [2.24, 2.45) is 4.99 Å². The summed E-state index contributed by atoms with van der Waals surface area (Å²) in [5, 5.41) is 10.2. The van der Waals surface area contributed by atoms with E-state index in [1.165, 1.54) is 4.88 Å². The first-order valence-electron chi connectivity index (χ1n) is 8.20. The van der Waals surface area contributed by atoms with Crippen LogP contribution in [0.25, 0.3) is 0 Å². The Morgan fingerprint density at radius 2 is 1.96 bits per heavy atom. The minimum Gasteiger partial charge on any atom is -0.444 e. The number of hydrogen-bond acceptors (Lipinski definition) is 5. The Bertz CT molecular complexity index is 543. The van der Waals surface area contributed by atoms with E-state index < -0.39 is 11.7 Å². The lowest BCUT2D eigenvalue weighted by atomic mass is 10.2. The first-order chi connectivity index (χ1) is 11.3. The Labute approximate surface area is 171 Å². The highest BCUT2D eigenvalue weighted by Gasteiger charge is 2.15. The first-order valence-corrected chi connectivity index (χ1v) is 9.02. The number of aryl methyl sites for hydroxylation is 1. The third-order valence-corrected chi connectivity index (χ3v) is 3.67. The molecule has 0 aliphatic carbocycles. The fourth-order valence-corrected chi connectivity index (χ4v) is 2.56. The van der Waals surface area contributed by atoms with E-state index in [1.54, 1.807) is 11.3 Å². The predicted octanol–water partition coefficient (Wildman–Crippen LogP) is 2.69. The third kappa shape index (κ3) is 12.0.